The van der Waals surface area contributed by atoms with Gasteiger partial charge in [0.25, 0.3) is 0 Å². The van der Waals surface area contributed by atoms with Crippen molar-refractivity contribution in [1.29, 1.82) is 0 Å². The number of hydrogen-bond donors (Lipinski definition) is 1. The lowest BCUT2D eigenvalue weighted by Crippen LogP contribution is -2.07. The summed E-state index contributed by atoms with van der Waals surface area (Å²) in [4.78, 5) is 11.1. The standard InChI is InChI=1S/C10H9Cl2NO/c1-2-3-10(14)13-7-4-5-8(11)9(12)6-7/h2-6H,1H3,(H,13,14). The lowest BCUT2D eigenvalue weighted by Gasteiger charge is -2.03. The Balaban J connectivity index is 2.78. The van der Waals surface area contributed by atoms with E-state index in [1.54, 1.807) is 31.2 Å². The van der Waals surface area contributed by atoms with E-state index in [0.29, 0.717) is 15.7 Å². The zero-order valence-corrected chi connectivity index (χ0v) is 9.06. The predicted octanol–water partition coefficient (Wildman–Crippen LogP) is 3.51. The van der Waals surface area contributed by atoms with Gasteiger partial charge in [0.15, 0.2) is 0 Å². The highest BCUT2D eigenvalue weighted by molar-refractivity contribution is 6.42. The number of benzene rings is 1. The third kappa shape index (κ3) is 3.05. The molecule has 0 aliphatic heterocycles. The van der Waals surface area contributed by atoms with Crippen molar-refractivity contribution in [1.82, 2.24) is 0 Å². The van der Waals surface area contributed by atoms with E-state index in [0.717, 1.165) is 0 Å². The summed E-state index contributed by atoms with van der Waals surface area (Å²) in [6, 6.07) is 4.93. The van der Waals surface area contributed by atoms with Gasteiger partial charge in [-0.2, -0.15) is 0 Å². The van der Waals surface area contributed by atoms with Gasteiger partial charge < -0.3 is 5.32 Å². The number of allylic oxidation sites excluding steroid dienone is 1. The van der Waals surface area contributed by atoms with E-state index < -0.39 is 0 Å². The minimum Gasteiger partial charge on any atom is -0.322 e. The number of carbonyl (C=O) groups excluding carboxylic acids is 1. The van der Waals surface area contributed by atoms with E-state index in [1.807, 2.05) is 0 Å². The molecule has 0 aromatic heterocycles. The molecule has 0 unspecified atom stereocenters. The minimum atomic E-state index is -0.189. The Bertz CT molecular complexity index is 374. The summed E-state index contributed by atoms with van der Waals surface area (Å²) in [5.41, 5.74) is 0.627. The molecule has 0 aliphatic carbocycles. The van der Waals surface area contributed by atoms with Crippen molar-refractivity contribution in [3.8, 4) is 0 Å². The zero-order chi connectivity index (χ0) is 10.6. The van der Waals surface area contributed by atoms with Gasteiger partial charge in [-0.3, -0.25) is 4.79 Å². The smallest absolute Gasteiger partial charge is 0.248 e. The summed E-state index contributed by atoms with van der Waals surface area (Å²) in [5, 5.41) is 3.53. The largest absolute Gasteiger partial charge is 0.322 e. The topological polar surface area (TPSA) is 29.1 Å². The Hall–Kier alpha value is -0.990. The summed E-state index contributed by atoms with van der Waals surface area (Å²) in [6.45, 7) is 1.77. The second kappa shape index (κ2) is 5.03. The van der Waals surface area contributed by atoms with Gasteiger partial charge >= 0.3 is 0 Å². The van der Waals surface area contributed by atoms with Crippen molar-refractivity contribution in [2.24, 2.45) is 0 Å². The minimum absolute atomic E-state index is 0.189. The van der Waals surface area contributed by atoms with Crippen LogP contribution < -0.4 is 5.32 Å². The summed E-state index contributed by atoms with van der Waals surface area (Å²) in [6.07, 6.45) is 3.09. The van der Waals surface area contributed by atoms with Crippen molar-refractivity contribution in [2.75, 3.05) is 5.32 Å². The molecule has 0 bridgehead atoms. The van der Waals surface area contributed by atoms with Crippen LogP contribution in [0.2, 0.25) is 10.0 Å². The maximum atomic E-state index is 11.1. The lowest BCUT2D eigenvalue weighted by molar-refractivity contribution is -0.111. The van der Waals surface area contributed by atoms with E-state index >= 15 is 0 Å². The highest BCUT2D eigenvalue weighted by Crippen LogP contribution is 2.24. The monoisotopic (exact) mass is 229 g/mol. The molecule has 74 valence electrons. The molecule has 0 heterocycles. The van der Waals surface area contributed by atoms with E-state index in [9.17, 15) is 4.79 Å². The number of hydrogen-bond acceptors (Lipinski definition) is 1. The van der Waals surface area contributed by atoms with Crippen LogP contribution in [0.3, 0.4) is 0 Å². The van der Waals surface area contributed by atoms with Crippen molar-refractivity contribution in [2.45, 2.75) is 6.92 Å². The molecule has 1 rings (SSSR count). The van der Waals surface area contributed by atoms with Crippen LogP contribution in [0.15, 0.2) is 30.4 Å². The number of anilines is 1. The second-order valence-electron chi connectivity index (χ2n) is 2.62. The maximum Gasteiger partial charge on any atom is 0.248 e. The maximum absolute atomic E-state index is 11.1. The Labute approximate surface area is 92.5 Å². The van der Waals surface area contributed by atoms with Gasteiger partial charge in [-0.1, -0.05) is 29.3 Å². The summed E-state index contributed by atoms with van der Waals surface area (Å²) >= 11 is 11.5. The highest BCUT2D eigenvalue weighted by atomic mass is 35.5. The summed E-state index contributed by atoms with van der Waals surface area (Å²) < 4.78 is 0. The number of amides is 1. The van der Waals surface area contributed by atoms with Gasteiger partial charge in [0.2, 0.25) is 5.91 Å². The molecule has 0 atom stereocenters. The predicted molar refractivity (Wildman–Crippen MR) is 59.9 cm³/mol. The van der Waals surface area contributed by atoms with Crippen LogP contribution in [0.4, 0.5) is 5.69 Å². The van der Waals surface area contributed by atoms with Gasteiger partial charge in [0, 0.05) is 5.69 Å². The van der Waals surface area contributed by atoms with Crippen LogP contribution in [0, 0.1) is 0 Å². The summed E-state index contributed by atoms with van der Waals surface area (Å²) in [7, 11) is 0. The SMILES string of the molecule is CC=CC(=O)Nc1ccc(Cl)c(Cl)c1. The number of halogens is 2. The van der Waals surface area contributed by atoms with Crippen LogP contribution in [0.1, 0.15) is 6.92 Å². The third-order valence-corrected chi connectivity index (χ3v) is 2.24. The normalized spacial score (nSPS) is 10.5. The van der Waals surface area contributed by atoms with Crippen molar-refractivity contribution in [3.05, 3.63) is 40.4 Å². The van der Waals surface area contributed by atoms with Crippen LogP contribution in [0.25, 0.3) is 0 Å². The Morgan fingerprint density at radius 3 is 2.64 bits per heavy atom. The summed E-state index contributed by atoms with van der Waals surface area (Å²) in [5.74, 6) is -0.189. The van der Waals surface area contributed by atoms with Gasteiger partial charge in [0.1, 0.15) is 0 Å². The molecule has 4 heteroatoms. The fourth-order valence-corrected chi connectivity index (χ4v) is 1.21. The first-order valence-electron chi connectivity index (χ1n) is 4.02. The van der Waals surface area contributed by atoms with Crippen molar-refractivity contribution >= 4 is 34.8 Å². The number of nitrogens with one attached hydrogen (secondary N) is 1. The second-order valence-corrected chi connectivity index (χ2v) is 3.43. The van der Waals surface area contributed by atoms with Gasteiger partial charge in [0.05, 0.1) is 10.0 Å². The number of carbonyl (C=O) groups is 1. The molecule has 0 saturated carbocycles. The van der Waals surface area contributed by atoms with Gasteiger partial charge in [-0.15, -0.1) is 0 Å². The zero-order valence-electron chi connectivity index (χ0n) is 7.55. The molecule has 1 amide bonds. The Morgan fingerprint density at radius 1 is 1.36 bits per heavy atom. The first kappa shape index (κ1) is 11.1. The molecular weight excluding hydrogens is 221 g/mol. The highest BCUT2D eigenvalue weighted by Gasteiger charge is 2.00. The quantitative estimate of drug-likeness (QED) is 0.774. The fraction of sp³-hybridized carbons (Fsp3) is 0.100. The number of rotatable bonds is 2. The molecule has 1 N–H and O–H groups in total. The third-order valence-electron chi connectivity index (χ3n) is 1.51. The first-order valence-corrected chi connectivity index (χ1v) is 4.78. The van der Waals surface area contributed by atoms with Gasteiger partial charge in [-0.25, -0.2) is 0 Å². The average molecular weight is 230 g/mol. The molecule has 0 radical (unpaired) electrons. The van der Waals surface area contributed by atoms with Crippen LogP contribution in [-0.4, -0.2) is 5.91 Å². The van der Waals surface area contributed by atoms with Crippen LogP contribution >= 0.6 is 23.2 Å². The molecule has 2 nitrogen and oxygen atoms in total. The van der Waals surface area contributed by atoms with Crippen molar-refractivity contribution in [3.63, 3.8) is 0 Å². The molecule has 14 heavy (non-hydrogen) atoms. The molecule has 1 aromatic rings. The average Bonchev–Trinajstić information content (AvgIpc) is 2.12. The van der Waals surface area contributed by atoms with E-state index in [-0.39, 0.29) is 5.91 Å². The lowest BCUT2D eigenvalue weighted by atomic mass is 10.3. The molecular formula is C10H9Cl2NO. The molecule has 1 aromatic carbocycles. The van der Waals surface area contributed by atoms with E-state index in [4.69, 9.17) is 23.2 Å². The fourth-order valence-electron chi connectivity index (χ4n) is 0.909. The van der Waals surface area contributed by atoms with E-state index in [1.165, 1.54) is 6.08 Å². The Kier molecular flexibility index (Phi) is 3.98. The molecule has 0 aliphatic rings. The molecule has 0 saturated heterocycles. The first-order chi connectivity index (χ1) is 6.63. The van der Waals surface area contributed by atoms with Gasteiger partial charge in [-0.05, 0) is 31.2 Å². The van der Waals surface area contributed by atoms with Crippen LogP contribution in [0.5, 0.6) is 0 Å². The molecule has 0 spiro atoms. The van der Waals surface area contributed by atoms with Crippen molar-refractivity contribution < 1.29 is 4.79 Å². The van der Waals surface area contributed by atoms with Crippen LogP contribution in [-0.2, 0) is 4.79 Å². The van der Waals surface area contributed by atoms with E-state index in [2.05, 4.69) is 5.32 Å². The molecule has 0 fully saturated rings. The Morgan fingerprint density at radius 2 is 2.07 bits per heavy atom.